The van der Waals surface area contributed by atoms with Gasteiger partial charge in [-0.15, -0.1) is 0 Å². The Bertz CT molecular complexity index is 470. The first-order valence-electron chi connectivity index (χ1n) is 7.82. The van der Waals surface area contributed by atoms with Crippen LogP contribution in [-0.2, 0) is 4.79 Å². The highest BCUT2D eigenvalue weighted by Gasteiger charge is 2.21. The SMILES string of the molecule is CC(C)Oc1ccccc1C(C)NC(=O)CNCC1CC1. The highest BCUT2D eigenvalue weighted by molar-refractivity contribution is 5.78. The van der Waals surface area contributed by atoms with Gasteiger partial charge < -0.3 is 15.4 Å². The molecule has 0 bridgehead atoms. The Labute approximate surface area is 127 Å². The van der Waals surface area contributed by atoms with Crippen molar-refractivity contribution < 1.29 is 9.53 Å². The number of hydrogen-bond acceptors (Lipinski definition) is 3. The van der Waals surface area contributed by atoms with Crippen LogP contribution in [0, 0.1) is 5.92 Å². The largest absolute Gasteiger partial charge is 0.491 e. The quantitative estimate of drug-likeness (QED) is 0.774. The molecular weight excluding hydrogens is 264 g/mol. The van der Waals surface area contributed by atoms with Crippen LogP contribution in [0.5, 0.6) is 5.75 Å². The Balaban J connectivity index is 1.86. The molecule has 0 radical (unpaired) electrons. The van der Waals surface area contributed by atoms with E-state index in [0.717, 1.165) is 23.8 Å². The van der Waals surface area contributed by atoms with E-state index in [1.807, 2.05) is 45.0 Å². The standard InChI is InChI=1S/C17H26N2O2/c1-12(2)21-16-7-5-4-6-15(16)13(3)19-17(20)11-18-10-14-8-9-14/h4-7,12-14,18H,8-11H2,1-3H3,(H,19,20). The van der Waals surface area contributed by atoms with Crippen LogP contribution in [0.25, 0.3) is 0 Å². The van der Waals surface area contributed by atoms with Crippen LogP contribution in [0.15, 0.2) is 24.3 Å². The molecule has 2 N–H and O–H groups in total. The molecule has 0 aromatic heterocycles. The minimum atomic E-state index is -0.0600. The minimum Gasteiger partial charge on any atom is -0.491 e. The molecule has 4 heteroatoms. The molecular formula is C17H26N2O2. The number of benzene rings is 1. The molecule has 1 atom stereocenters. The van der Waals surface area contributed by atoms with Gasteiger partial charge in [0.15, 0.2) is 0 Å². The van der Waals surface area contributed by atoms with E-state index in [-0.39, 0.29) is 18.1 Å². The summed E-state index contributed by atoms with van der Waals surface area (Å²) in [5.74, 6) is 1.66. The topological polar surface area (TPSA) is 50.4 Å². The summed E-state index contributed by atoms with van der Waals surface area (Å²) in [6.45, 7) is 7.33. The molecule has 1 saturated carbocycles. The maximum Gasteiger partial charge on any atom is 0.234 e. The molecule has 0 saturated heterocycles. The molecule has 1 unspecified atom stereocenters. The minimum absolute atomic E-state index is 0.0301. The molecule has 1 aromatic rings. The normalized spacial score (nSPS) is 15.8. The maximum absolute atomic E-state index is 11.9. The second kappa shape index (κ2) is 7.46. The number of nitrogens with one attached hydrogen (secondary N) is 2. The Morgan fingerprint density at radius 2 is 2.00 bits per heavy atom. The van der Waals surface area contributed by atoms with Crippen LogP contribution in [0.4, 0.5) is 0 Å². The van der Waals surface area contributed by atoms with Crippen molar-refractivity contribution in [2.45, 2.75) is 45.8 Å². The number of carbonyl (C=O) groups is 1. The average Bonchev–Trinajstić information content (AvgIpc) is 3.22. The number of rotatable bonds is 8. The third-order valence-electron chi connectivity index (χ3n) is 3.54. The van der Waals surface area contributed by atoms with Crippen molar-refractivity contribution in [3.8, 4) is 5.75 Å². The van der Waals surface area contributed by atoms with Crippen LogP contribution >= 0.6 is 0 Å². The first-order valence-corrected chi connectivity index (χ1v) is 7.82. The lowest BCUT2D eigenvalue weighted by molar-refractivity contribution is -0.120. The van der Waals surface area contributed by atoms with E-state index in [9.17, 15) is 4.79 Å². The molecule has 21 heavy (non-hydrogen) atoms. The van der Waals surface area contributed by atoms with E-state index in [1.54, 1.807) is 0 Å². The molecule has 1 fully saturated rings. The Morgan fingerprint density at radius 1 is 1.29 bits per heavy atom. The van der Waals surface area contributed by atoms with E-state index in [0.29, 0.717) is 6.54 Å². The smallest absolute Gasteiger partial charge is 0.234 e. The van der Waals surface area contributed by atoms with E-state index < -0.39 is 0 Å². The van der Waals surface area contributed by atoms with Gasteiger partial charge in [0.1, 0.15) is 5.75 Å². The summed E-state index contributed by atoms with van der Waals surface area (Å²) in [6, 6.07) is 7.81. The number of para-hydroxylation sites is 1. The van der Waals surface area contributed by atoms with Gasteiger partial charge in [0.25, 0.3) is 0 Å². The molecule has 0 aliphatic heterocycles. The maximum atomic E-state index is 11.9. The lowest BCUT2D eigenvalue weighted by Crippen LogP contribution is -2.36. The Hall–Kier alpha value is -1.55. The predicted octanol–water partition coefficient (Wildman–Crippen LogP) is 2.65. The summed E-state index contributed by atoms with van der Waals surface area (Å²) >= 11 is 0. The molecule has 0 spiro atoms. The zero-order chi connectivity index (χ0) is 15.2. The third kappa shape index (κ3) is 5.38. The molecule has 1 aliphatic carbocycles. The van der Waals surface area contributed by atoms with Crippen LogP contribution < -0.4 is 15.4 Å². The fourth-order valence-corrected chi connectivity index (χ4v) is 2.28. The fourth-order valence-electron chi connectivity index (χ4n) is 2.28. The van der Waals surface area contributed by atoms with Crippen LogP contribution in [0.2, 0.25) is 0 Å². The van der Waals surface area contributed by atoms with Crippen LogP contribution in [0.1, 0.15) is 45.2 Å². The van der Waals surface area contributed by atoms with Crippen molar-refractivity contribution in [2.75, 3.05) is 13.1 Å². The lowest BCUT2D eigenvalue weighted by atomic mass is 10.1. The van der Waals surface area contributed by atoms with Crippen molar-refractivity contribution in [3.63, 3.8) is 0 Å². The first-order chi connectivity index (χ1) is 10.1. The first kappa shape index (κ1) is 15.8. The summed E-state index contributed by atoms with van der Waals surface area (Å²) in [4.78, 5) is 11.9. The molecule has 1 aliphatic rings. The average molecular weight is 290 g/mol. The van der Waals surface area contributed by atoms with E-state index in [4.69, 9.17) is 4.74 Å². The van der Waals surface area contributed by atoms with Crippen molar-refractivity contribution in [1.29, 1.82) is 0 Å². The van der Waals surface area contributed by atoms with Gasteiger partial charge in [-0.1, -0.05) is 18.2 Å². The second-order valence-electron chi connectivity index (χ2n) is 6.07. The Morgan fingerprint density at radius 3 is 2.67 bits per heavy atom. The number of ether oxygens (including phenoxy) is 1. The van der Waals surface area contributed by atoms with Crippen LogP contribution in [0.3, 0.4) is 0 Å². The van der Waals surface area contributed by atoms with Crippen molar-refractivity contribution in [2.24, 2.45) is 5.92 Å². The highest BCUT2D eigenvalue weighted by atomic mass is 16.5. The van der Waals surface area contributed by atoms with Gasteiger partial charge in [0.05, 0.1) is 18.7 Å². The van der Waals surface area contributed by atoms with Gasteiger partial charge in [-0.25, -0.2) is 0 Å². The predicted molar refractivity (Wildman–Crippen MR) is 84.4 cm³/mol. The Kier molecular flexibility index (Phi) is 5.62. The second-order valence-corrected chi connectivity index (χ2v) is 6.07. The zero-order valence-electron chi connectivity index (χ0n) is 13.2. The van der Waals surface area contributed by atoms with Crippen molar-refractivity contribution in [1.82, 2.24) is 10.6 Å². The number of carbonyl (C=O) groups excluding carboxylic acids is 1. The molecule has 4 nitrogen and oxygen atoms in total. The summed E-state index contributed by atoms with van der Waals surface area (Å²) in [5.41, 5.74) is 1.02. The van der Waals surface area contributed by atoms with E-state index in [1.165, 1.54) is 12.8 Å². The van der Waals surface area contributed by atoms with Gasteiger partial charge in [-0.2, -0.15) is 0 Å². The zero-order valence-corrected chi connectivity index (χ0v) is 13.2. The third-order valence-corrected chi connectivity index (χ3v) is 3.54. The highest BCUT2D eigenvalue weighted by Crippen LogP contribution is 2.27. The van der Waals surface area contributed by atoms with Gasteiger partial charge in [-0.3, -0.25) is 4.79 Å². The van der Waals surface area contributed by atoms with Crippen LogP contribution in [-0.4, -0.2) is 25.1 Å². The fraction of sp³-hybridized carbons (Fsp3) is 0.588. The lowest BCUT2D eigenvalue weighted by Gasteiger charge is -2.20. The molecule has 0 heterocycles. The summed E-state index contributed by atoms with van der Waals surface area (Å²) in [5, 5.41) is 6.23. The van der Waals surface area contributed by atoms with Crippen molar-refractivity contribution >= 4 is 5.91 Å². The van der Waals surface area contributed by atoms with Gasteiger partial charge in [-0.05, 0) is 52.1 Å². The monoisotopic (exact) mass is 290 g/mol. The molecule has 1 amide bonds. The van der Waals surface area contributed by atoms with Gasteiger partial charge >= 0.3 is 0 Å². The summed E-state index contributed by atoms with van der Waals surface area (Å²) in [6.07, 6.45) is 2.71. The summed E-state index contributed by atoms with van der Waals surface area (Å²) < 4.78 is 5.80. The molecule has 2 rings (SSSR count). The van der Waals surface area contributed by atoms with E-state index >= 15 is 0 Å². The summed E-state index contributed by atoms with van der Waals surface area (Å²) in [7, 11) is 0. The van der Waals surface area contributed by atoms with Gasteiger partial charge in [0, 0.05) is 5.56 Å². The van der Waals surface area contributed by atoms with Gasteiger partial charge in [0.2, 0.25) is 5.91 Å². The molecule has 1 aromatic carbocycles. The van der Waals surface area contributed by atoms with E-state index in [2.05, 4.69) is 10.6 Å². The number of amides is 1. The number of hydrogen-bond donors (Lipinski definition) is 2. The van der Waals surface area contributed by atoms with Crippen molar-refractivity contribution in [3.05, 3.63) is 29.8 Å². The molecule has 116 valence electrons.